The van der Waals surface area contributed by atoms with Crippen LogP contribution in [0.2, 0.25) is 0 Å². The second-order valence-corrected chi connectivity index (χ2v) is 5.52. The molecule has 2 heterocycles. The minimum Gasteiger partial charge on any atom is -0.344 e. The number of carbonyl (C=O) groups excluding carboxylic acids is 2. The molecule has 1 fully saturated rings. The molecule has 0 saturated carbocycles. The number of imidazole rings is 1. The van der Waals surface area contributed by atoms with Crippen molar-refractivity contribution < 1.29 is 14.0 Å². The van der Waals surface area contributed by atoms with Gasteiger partial charge in [-0.05, 0) is 12.5 Å². The number of nitrogens with zero attached hydrogens (tertiary/aromatic N) is 2. The summed E-state index contributed by atoms with van der Waals surface area (Å²) in [4.78, 5) is 27.9. The quantitative estimate of drug-likeness (QED) is 0.885. The van der Waals surface area contributed by atoms with Gasteiger partial charge in [0.05, 0.1) is 0 Å². The first-order valence-electron chi connectivity index (χ1n) is 7.37. The lowest BCUT2D eigenvalue weighted by Crippen LogP contribution is -2.44. The maximum Gasteiger partial charge on any atom is 0.243 e. The summed E-state index contributed by atoms with van der Waals surface area (Å²) in [6.07, 6.45) is 4.08. The highest BCUT2D eigenvalue weighted by Crippen LogP contribution is 2.23. The number of amides is 2. The molecule has 3 rings (SSSR count). The van der Waals surface area contributed by atoms with Gasteiger partial charge in [0.1, 0.15) is 23.7 Å². The molecule has 23 heavy (non-hydrogen) atoms. The maximum absolute atomic E-state index is 14.2. The molecule has 0 radical (unpaired) electrons. The smallest absolute Gasteiger partial charge is 0.243 e. The lowest BCUT2D eigenvalue weighted by molar-refractivity contribution is -0.126. The van der Waals surface area contributed by atoms with Crippen LogP contribution in [0, 0.1) is 5.82 Å². The normalized spacial score (nSPS) is 18.5. The summed E-state index contributed by atoms with van der Waals surface area (Å²) in [5, 5.41) is 5.42. The van der Waals surface area contributed by atoms with Gasteiger partial charge in [0.15, 0.2) is 0 Å². The Labute approximate surface area is 132 Å². The first-order chi connectivity index (χ1) is 11.1. The predicted molar refractivity (Wildman–Crippen MR) is 80.8 cm³/mol. The highest BCUT2D eigenvalue weighted by Gasteiger charge is 2.31. The number of aryl methyl sites for hydroxylation is 1. The topological polar surface area (TPSA) is 76.0 Å². The third-order valence-corrected chi connectivity index (χ3v) is 3.93. The zero-order valence-corrected chi connectivity index (χ0v) is 12.6. The maximum atomic E-state index is 14.2. The van der Waals surface area contributed by atoms with Crippen LogP contribution in [-0.4, -0.2) is 27.4 Å². The first-order valence-corrected chi connectivity index (χ1v) is 7.37. The van der Waals surface area contributed by atoms with Gasteiger partial charge in [-0.3, -0.25) is 9.59 Å². The van der Waals surface area contributed by atoms with E-state index in [2.05, 4.69) is 15.6 Å². The van der Waals surface area contributed by atoms with Crippen LogP contribution < -0.4 is 10.6 Å². The van der Waals surface area contributed by atoms with E-state index in [9.17, 15) is 14.0 Å². The van der Waals surface area contributed by atoms with Gasteiger partial charge in [0.25, 0.3) is 0 Å². The van der Waals surface area contributed by atoms with Crippen molar-refractivity contribution >= 4 is 11.8 Å². The Morgan fingerprint density at radius 2 is 2.26 bits per heavy atom. The van der Waals surface area contributed by atoms with Crippen molar-refractivity contribution in [2.45, 2.75) is 24.9 Å². The van der Waals surface area contributed by atoms with E-state index < -0.39 is 17.9 Å². The van der Waals surface area contributed by atoms with Gasteiger partial charge in [0.2, 0.25) is 11.8 Å². The van der Waals surface area contributed by atoms with Crippen molar-refractivity contribution in [3.8, 4) is 0 Å². The van der Waals surface area contributed by atoms with E-state index >= 15 is 0 Å². The van der Waals surface area contributed by atoms with Crippen LogP contribution in [0.1, 0.15) is 30.3 Å². The Kier molecular flexibility index (Phi) is 4.10. The van der Waals surface area contributed by atoms with Crippen LogP contribution in [0.4, 0.5) is 4.39 Å². The molecule has 0 bridgehead atoms. The Hall–Kier alpha value is -2.70. The molecule has 1 aliphatic rings. The van der Waals surface area contributed by atoms with Crippen LogP contribution in [0.3, 0.4) is 0 Å². The minimum atomic E-state index is -0.721. The van der Waals surface area contributed by atoms with E-state index in [1.54, 1.807) is 42.2 Å². The third kappa shape index (κ3) is 3.08. The predicted octanol–water partition coefficient (Wildman–Crippen LogP) is 1.04. The molecule has 120 valence electrons. The van der Waals surface area contributed by atoms with Crippen molar-refractivity contribution in [3.63, 3.8) is 0 Å². The van der Waals surface area contributed by atoms with Gasteiger partial charge < -0.3 is 15.2 Å². The van der Waals surface area contributed by atoms with Crippen molar-refractivity contribution in [1.82, 2.24) is 20.2 Å². The number of benzene rings is 1. The largest absolute Gasteiger partial charge is 0.344 e. The summed E-state index contributed by atoms with van der Waals surface area (Å²) < 4.78 is 15.9. The van der Waals surface area contributed by atoms with Gasteiger partial charge in [-0.25, -0.2) is 9.37 Å². The Morgan fingerprint density at radius 1 is 1.48 bits per heavy atom. The SMILES string of the molecule is Cn1ccnc1C(NC(=O)C1CCC(=O)N1)c1ccccc1F. The lowest BCUT2D eigenvalue weighted by atomic mass is 10.0. The van der Waals surface area contributed by atoms with Crippen molar-refractivity contribution in [2.75, 3.05) is 0 Å². The van der Waals surface area contributed by atoms with Gasteiger partial charge >= 0.3 is 0 Å². The van der Waals surface area contributed by atoms with Gasteiger partial charge in [-0.15, -0.1) is 0 Å². The molecule has 1 aromatic heterocycles. The highest BCUT2D eigenvalue weighted by atomic mass is 19.1. The zero-order chi connectivity index (χ0) is 16.4. The van der Waals surface area contributed by atoms with Crippen LogP contribution in [0.5, 0.6) is 0 Å². The first kappa shape index (κ1) is 15.2. The molecule has 6 nitrogen and oxygen atoms in total. The van der Waals surface area contributed by atoms with Crippen LogP contribution in [0.15, 0.2) is 36.7 Å². The van der Waals surface area contributed by atoms with Gasteiger partial charge in [-0.2, -0.15) is 0 Å². The summed E-state index contributed by atoms with van der Waals surface area (Å²) >= 11 is 0. The molecule has 7 heteroatoms. The standard InChI is InChI=1S/C16H17FN4O2/c1-21-9-8-18-15(21)14(10-4-2-3-5-11(10)17)20-16(23)12-6-7-13(22)19-12/h2-5,8-9,12,14H,6-7H2,1H3,(H,19,22)(H,20,23). The Morgan fingerprint density at radius 3 is 2.87 bits per heavy atom. The number of aromatic nitrogens is 2. The van der Waals surface area contributed by atoms with Crippen molar-refractivity contribution in [2.24, 2.45) is 7.05 Å². The average molecular weight is 316 g/mol. The fourth-order valence-electron chi connectivity index (χ4n) is 2.70. The lowest BCUT2D eigenvalue weighted by Gasteiger charge is -2.21. The number of rotatable bonds is 4. The molecule has 0 aliphatic carbocycles. The third-order valence-electron chi connectivity index (χ3n) is 3.93. The van der Waals surface area contributed by atoms with Gasteiger partial charge in [0, 0.05) is 31.4 Å². The molecule has 2 N–H and O–H groups in total. The molecule has 0 spiro atoms. The Bertz CT molecular complexity index is 743. The van der Waals surface area contributed by atoms with E-state index in [1.807, 2.05) is 0 Å². The molecule has 2 amide bonds. The highest BCUT2D eigenvalue weighted by molar-refractivity contribution is 5.91. The summed E-state index contributed by atoms with van der Waals surface area (Å²) in [6.45, 7) is 0. The molecule has 2 aromatic rings. The zero-order valence-electron chi connectivity index (χ0n) is 12.6. The number of hydrogen-bond acceptors (Lipinski definition) is 3. The van der Waals surface area contributed by atoms with Crippen molar-refractivity contribution in [3.05, 3.63) is 53.9 Å². The van der Waals surface area contributed by atoms with Crippen LogP contribution >= 0.6 is 0 Å². The fourth-order valence-corrected chi connectivity index (χ4v) is 2.70. The monoisotopic (exact) mass is 316 g/mol. The summed E-state index contributed by atoms with van der Waals surface area (Å²) in [5.41, 5.74) is 0.333. The van der Waals surface area contributed by atoms with E-state index in [4.69, 9.17) is 0 Å². The Balaban J connectivity index is 1.90. The fraction of sp³-hybridized carbons (Fsp3) is 0.312. The minimum absolute atomic E-state index is 0.149. The van der Waals surface area contributed by atoms with E-state index in [-0.39, 0.29) is 11.8 Å². The second-order valence-electron chi connectivity index (χ2n) is 5.52. The van der Waals surface area contributed by atoms with E-state index in [0.717, 1.165) is 0 Å². The van der Waals surface area contributed by atoms with Gasteiger partial charge in [-0.1, -0.05) is 18.2 Å². The number of carbonyl (C=O) groups is 2. The second kappa shape index (κ2) is 6.20. The molecular weight excluding hydrogens is 299 g/mol. The molecule has 2 atom stereocenters. The number of nitrogens with one attached hydrogen (secondary N) is 2. The van der Waals surface area contributed by atoms with E-state index in [0.29, 0.717) is 24.2 Å². The van der Waals surface area contributed by atoms with Crippen LogP contribution in [-0.2, 0) is 16.6 Å². The number of halogens is 1. The molecule has 2 unspecified atom stereocenters. The summed E-state index contributed by atoms with van der Waals surface area (Å²) in [7, 11) is 1.78. The molecular formula is C16H17FN4O2. The molecule has 1 aromatic carbocycles. The van der Waals surface area contributed by atoms with Crippen LogP contribution in [0.25, 0.3) is 0 Å². The summed E-state index contributed by atoms with van der Waals surface area (Å²) in [5.74, 6) is -0.388. The van der Waals surface area contributed by atoms with Crippen molar-refractivity contribution in [1.29, 1.82) is 0 Å². The average Bonchev–Trinajstić information content (AvgIpc) is 3.14. The molecule has 1 saturated heterocycles. The molecule has 1 aliphatic heterocycles. The summed E-state index contributed by atoms with van der Waals surface area (Å²) in [6, 6.07) is 4.94. The number of hydrogen-bond donors (Lipinski definition) is 2. The van der Waals surface area contributed by atoms with E-state index in [1.165, 1.54) is 6.07 Å².